The van der Waals surface area contributed by atoms with Gasteiger partial charge in [-0.25, -0.2) is 13.2 Å². The molecule has 1 fully saturated rings. The third kappa shape index (κ3) is 4.43. The molecule has 1 aliphatic rings. The largest absolute Gasteiger partial charge is 0.479 e. The highest BCUT2D eigenvalue weighted by molar-refractivity contribution is 7.89. The first kappa shape index (κ1) is 17.7. The lowest BCUT2D eigenvalue weighted by Crippen LogP contribution is -2.48. The molecule has 1 heterocycles. The van der Waals surface area contributed by atoms with E-state index in [1.165, 1.54) is 0 Å². The lowest BCUT2D eigenvalue weighted by molar-refractivity contribution is -0.153. The third-order valence-corrected chi connectivity index (χ3v) is 5.15. The number of hydrogen-bond donors (Lipinski definition) is 1. The maximum Gasteiger partial charge on any atom is 0.393 e. The summed E-state index contributed by atoms with van der Waals surface area (Å²) in [6, 6.07) is 4.36. The Morgan fingerprint density at radius 1 is 1.30 bits per heavy atom. The SMILES string of the molecule is O=C(O)C1CN(S(=O)(=O)c2ccc(CC(F)(F)F)cc2)CCO1. The van der Waals surface area contributed by atoms with Crippen molar-refractivity contribution in [1.29, 1.82) is 0 Å². The number of aliphatic carboxylic acids is 1. The number of carboxylic acids is 1. The molecule has 0 amide bonds. The second kappa shape index (κ2) is 6.46. The molecule has 0 aromatic heterocycles. The highest BCUT2D eigenvalue weighted by atomic mass is 32.2. The zero-order valence-electron chi connectivity index (χ0n) is 11.8. The molecule has 0 radical (unpaired) electrons. The average molecular weight is 353 g/mol. The minimum Gasteiger partial charge on any atom is -0.479 e. The Bertz CT molecular complexity index is 672. The Hall–Kier alpha value is -1.65. The highest BCUT2D eigenvalue weighted by Gasteiger charge is 2.34. The molecule has 0 aliphatic carbocycles. The standard InChI is InChI=1S/C13H14F3NO5S/c14-13(15,16)7-9-1-3-10(4-2-9)23(20,21)17-5-6-22-11(8-17)12(18)19/h1-4,11H,5-8H2,(H,18,19). The molecule has 1 unspecified atom stereocenters. The van der Waals surface area contributed by atoms with E-state index in [9.17, 15) is 26.4 Å². The topological polar surface area (TPSA) is 83.9 Å². The second-order valence-electron chi connectivity index (χ2n) is 5.00. The fraction of sp³-hybridized carbons (Fsp3) is 0.462. The summed E-state index contributed by atoms with van der Waals surface area (Å²) in [7, 11) is -3.98. The Kier molecular flexibility index (Phi) is 4.97. The number of benzene rings is 1. The molecule has 6 nitrogen and oxygen atoms in total. The minimum absolute atomic E-state index is 0.0174. The van der Waals surface area contributed by atoms with Crippen LogP contribution >= 0.6 is 0 Å². The Morgan fingerprint density at radius 3 is 2.43 bits per heavy atom. The van der Waals surface area contributed by atoms with Crippen LogP contribution in [-0.2, 0) is 26.0 Å². The second-order valence-corrected chi connectivity index (χ2v) is 6.93. The van der Waals surface area contributed by atoms with Gasteiger partial charge in [-0.3, -0.25) is 0 Å². The van der Waals surface area contributed by atoms with Crippen molar-refractivity contribution in [2.24, 2.45) is 0 Å². The van der Waals surface area contributed by atoms with Crippen LogP contribution in [0.1, 0.15) is 5.56 Å². The molecule has 0 spiro atoms. The van der Waals surface area contributed by atoms with E-state index < -0.39 is 34.7 Å². The lowest BCUT2D eigenvalue weighted by Gasteiger charge is -2.30. The summed E-state index contributed by atoms with van der Waals surface area (Å²) in [6.45, 7) is -0.430. The van der Waals surface area contributed by atoms with Gasteiger partial charge in [-0.1, -0.05) is 12.1 Å². The van der Waals surface area contributed by atoms with Crippen LogP contribution in [0.5, 0.6) is 0 Å². The van der Waals surface area contributed by atoms with Crippen molar-refractivity contribution in [2.45, 2.75) is 23.6 Å². The van der Waals surface area contributed by atoms with Gasteiger partial charge < -0.3 is 9.84 Å². The normalized spacial score (nSPS) is 20.4. The van der Waals surface area contributed by atoms with Crippen molar-refractivity contribution < 1.29 is 36.2 Å². The predicted octanol–water partition coefficient (Wildman–Crippen LogP) is 1.27. The van der Waals surface area contributed by atoms with E-state index in [0.29, 0.717) is 0 Å². The quantitative estimate of drug-likeness (QED) is 0.881. The molecular weight excluding hydrogens is 339 g/mol. The van der Waals surface area contributed by atoms with Gasteiger partial charge in [-0.15, -0.1) is 0 Å². The number of carboxylic acid groups (broad SMARTS) is 1. The highest BCUT2D eigenvalue weighted by Crippen LogP contribution is 2.24. The van der Waals surface area contributed by atoms with E-state index in [0.717, 1.165) is 28.6 Å². The fourth-order valence-corrected chi connectivity index (χ4v) is 3.58. The van der Waals surface area contributed by atoms with Crippen LogP contribution in [0.2, 0.25) is 0 Å². The van der Waals surface area contributed by atoms with Crippen molar-refractivity contribution in [3.05, 3.63) is 29.8 Å². The smallest absolute Gasteiger partial charge is 0.393 e. The summed E-state index contributed by atoms with van der Waals surface area (Å²) < 4.78 is 67.6. The van der Waals surface area contributed by atoms with Gasteiger partial charge in [-0.05, 0) is 17.7 Å². The van der Waals surface area contributed by atoms with Gasteiger partial charge >= 0.3 is 12.1 Å². The zero-order chi connectivity index (χ0) is 17.3. The molecule has 1 aromatic rings. The van der Waals surface area contributed by atoms with Gasteiger partial charge in [-0.2, -0.15) is 17.5 Å². The molecule has 1 atom stereocenters. The summed E-state index contributed by atoms with van der Waals surface area (Å²) in [5.41, 5.74) is -0.0539. The summed E-state index contributed by atoms with van der Waals surface area (Å²) in [6.07, 6.45) is -6.78. The van der Waals surface area contributed by atoms with Crippen LogP contribution < -0.4 is 0 Å². The van der Waals surface area contributed by atoms with Crippen molar-refractivity contribution in [3.8, 4) is 0 Å². The van der Waals surface area contributed by atoms with Crippen LogP contribution in [0.4, 0.5) is 13.2 Å². The van der Waals surface area contributed by atoms with Crippen molar-refractivity contribution >= 4 is 16.0 Å². The van der Waals surface area contributed by atoms with E-state index in [1.807, 2.05) is 0 Å². The van der Waals surface area contributed by atoms with Crippen LogP contribution in [0.25, 0.3) is 0 Å². The molecule has 10 heteroatoms. The van der Waals surface area contributed by atoms with E-state index in [-0.39, 0.29) is 30.2 Å². The predicted molar refractivity (Wildman–Crippen MR) is 72.3 cm³/mol. The number of ether oxygens (including phenoxy) is 1. The summed E-state index contributed by atoms with van der Waals surface area (Å²) in [5, 5.41) is 8.88. The van der Waals surface area contributed by atoms with E-state index in [1.54, 1.807) is 0 Å². The summed E-state index contributed by atoms with van der Waals surface area (Å²) >= 11 is 0. The Balaban J connectivity index is 2.17. The Morgan fingerprint density at radius 2 is 1.91 bits per heavy atom. The first-order valence-corrected chi connectivity index (χ1v) is 8.04. The van der Waals surface area contributed by atoms with E-state index in [4.69, 9.17) is 9.84 Å². The number of alkyl halides is 3. The molecular formula is C13H14F3NO5S. The van der Waals surface area contributed by atoms with Crippen molar-refractivity contribution in [2.75, 3.05) is 19.7 Å². The summed E-state index contributed by atoms with van der Waals surface area (Å²) in [5.74, 6) is -1.27. The van der Waals surface area contributed by atoms with Crippen LogP contribution in [0.3, 0.4) is 0 Å². The molecule has 1 aromatic carbocycles. The Labute approximate surface area is 130 Å². The number of nitrogens with zero attached hydrogens (tertiary/aromatic N) is 1. The van der Waals surface area contributed by atoms with Crippen molar-refractivity contribution in [3.63, 3.8) is 0 Å². The maximum atomic E-state index is 12.4. The van der Waals surface area contributed by atoms with Gasteiger partial charge in [0, 0.05) is 6.54 Å². The lowest BCUT2D eigenvalue weighted by atomic mass is 10.1. The molecule has 1 saturated heterocycles. The average Bonchev–Trinajstić information content (AvgIpc) is 2.46. The zero-order valence-corrected chi connectivity index (χ0v) is 12.6. The van der Waals surface area contributed by atoms with Gasteiger partial charge in [0.05, 0.1) is 24.5 Å². The van der Waals surface area contributed by atoms with E-state index in [2.05, 4.69) is 0 Å². The number of rotatable bonds is 4. The van der Waals surface area contributed by atoms with E-state index >= 15 is 0 Å². The number of carbonyl (C=O) groups is 1. The van der Waals surface area contributed by atoms with Gasteiger partial charge in [0.15, 0.2) is 6.10 Å². The molecule has 1 N–H and O–H groups in total. The van der Waals surface area contributed by atoms with Gasteiger partial charge in [0.1, 0.15) is 0 Å². The molecule has 128 valence electrons. The summed E-state index contributed by atoms with van der Waals surface area (Å²) in [4.78, 5) is 10.7. The molecule has 0 saturated carbocycles. The number of halogens is 3. The molecule has 2 rings (SSSR count). The van der Waals surface area contributed by atoms with Gasteiger partial charge in [0.25, 0.3) is 0 Å². The van der Waals surface area contributed by atoms with Crippen LogP contribution in [-0.4, -0.2) is 55.8 Å². The number of morpholine rings is 1. The maximum absolute atomic E-state index is 12.4. The number of hydrogen-bond acceptors (Lipinski definition) is 4. The monoisotopic (exact) mass is 353 g/mol. The minimum atomic E-state index is -4.38. The molecule has 0 bridgehead atoms. The molecule has 23 heavy (non-hydrogen) atoms. The fourth-order valence-electron chi connectivity index (χ4n) is 2.15. The van der Waals surface area contributed by atoms with Crippen LogP contribution in [0, 0.1) is 0 Å². The third-order valence-electron chi connectivity index (χ3n) is 3.27. The molecule has 1 aliphatic heterocycles. The first-order valence-electron chi connectivity index (χ1n) is 6.60. The number of sulfonamides is 1. The first-order chi connectivity index (χ1) is 10.6. The van der Waals surface area contributed by atoms with Crippen LogP contribution in [0.15, 0.2) is 29.2 Å². The van der Waals surface area contributed by atoms with Crippen molar-refractivity contribution in [1.82, 2.24) is 4.31 Å². The van der Waals surface area contributed by atoms with Gasteiger partial charge in [0.2, 0.25) is 10.0 Å².